The molecule has 5 rings (SSSR count). The highest BCUT2D eigenvalue weighted by molar-refractivity contribution is 7.16. The van der Waals surface area contributed by atoms with E-state index in [2.05, 4.69) is 41.5 Å². The Morgan fingerprint density at radius 3 is 2.19 bits per heavy atom. The van der Waals surface area contributed by atoms with E-state index in [9.17, 15) is 4.79 Å². The third kappa shape index (κ3) is 3.73. The smallest absolute Gasteiger partial charge is 0.413 e. The summed E-state index contributed by atoms with van der Waals surface area (Å²) in [6, 6.07) is 26.7. The fourth-order valence-corrected chi connectivity index (χ4v) is 5.10. The largest absolute Gasteiger partial charge is 0.448 e. The molecule has 1 heterocycles. The average Bonchev–Trinajstić information content (AvgIpc) is 3.37. The quantitative estimate of drug-likeness (QED) is 0.385. The van der Waals surface area contributed by atoms with Crippen molar-refractivity contribution >= 4 is 22.6 Å². The summed E-state index contributed by atoms with van der Waals surface area (Å²) in [6.07, 6.45) is 0.381. The Morgan fingerprint density at radius 2 is 1.55 bits per heavy atom. The number of thiazole rings is 1. The lowest BCUT2D eigenvalue weighted by molar-refractivity contribution is 0.158. The molecule has 0 saturated heterocycles. The standard InChI is InChI=1S/C26H22N2O2S/c1-2-23-24(17-10-4-3-5-11-17)27-25(31-23)28-26(29)30-16-22-20-14-8-6-12-18(20)19-13-7-9-15-21(19)22/h3-15,22H,2,16H2,1H3,(H,27,28,29). The van der Waals surface area contributed by atoms with E-state index in [1.54, 1.807) is 0 Å². The number of aryl methyl sites for hydroxylation is 1. The number of aromatic nitrogens is 1. The highest BCUT2D eigenvalue weighted by atomic mass is 32.1. The van der Waals surface area contributed by atoms with Crippen LogP contribution in [0.1, 0.15) is 28.8 Å². The highest BCUT2D eigenvalue weighted by Crippen LogP contribution is 2.44. The van der Waals surface area contributed by atoms with Gasteiger partial charge in [-0.1, -0.05) is 85.8 Å². The van der Waals surface area contributed by atoms with Gasteiger partial charge in [-0.25, -0.2) is 9.78 Å². The summed E-state index contributed by atoms with van der Waals surface area (Å²) >= 11 is 1.49. The maximum atomic E-state index is 12.6. The van der Waals surface area contributed by atoms with E-state index < -0.39 is 6.09 Å². The molecule has 0 unspecified atom stereocenters. The second kappa shape index (κ2) is 8.36. The first-order valence-electron chi connectivity index (χ1n) is 10.4. The van der Waals surface area contributed by atoms with Gasteiger partial charge in [-0.2, -0.15) is 0 Å². The molecule has 1 N–H and O–H groups in total. The van der Waals surface area contributed by atoms with Gasteiger partial charge in [-0.3, -0.25) is 5.32 Å². The first-order chi connectivity index (χ1) is 15.2. The van der Waals surface area contributed by atoms with E-state index in [1.165, 1.54) is 33.6 Å². The minimum absolute atomic E-state index is 0.0422. The van der Waals surface area contributed by atoms with E-state index >= 15 is 0 Å². The van der Waals surface area contributed by atoms with E-state index in [4.69, 9.17) is 4.74 Å². The zero-order valence-electron chi connectivity index (χ0n) is 17.2. The van der Waals surface area contributed by atoms with Crippen LogP contribution < -0.4 is 5.32 Å². The number of nitrogens with zero attached hydrogens (tertiary/aromatic N) is 1. The zero-order valence-corrected chi connectivity index (χ0v) is 18.0. The Bertz CT molecular complexity index is 1190. The molecule has 4 nitrogen and oxygen atoms in total. The summed E-state index contributed by atoms with van der Waals surface area (Å²) in [5.74, 6) is 0.0422. The molecule has 0 aliphatic heterocycles. The molecule has 1 aliphatic carbocycles. The fraction of sp³-hybridized carbons (Fsp3) is 0.154. The number of hydrogen-bond acceptors (Lipinski definition) is 4. The number of nitrogens with one attached hydrogen (secondary N) is 1. The minimum atomic E-state index is -0.474. The first-order valence-corrected chi connectivity index (χ1v) is 11.2. The van der Waals surface area contributed by atoms with Crippen molar-refractivity contribution in [3.63, 3.8) is 0 Å². The van der Waals surface area contributed by atoms with Gasteiger partial charge in [-0.05, 0) is 28.7 Å². The lowest BCUT2D eigenvalue weighted by Crippen LogP contribution is -2.17. The molecular weight excluding hydrogens is 404 g/mol. The Balaban J connectivity index is 1.31. The lowest BCUT2D eigenvalue weighted by Gasteiger charge is -2.14. The number of rotatable bonds is 5. The SMILES string of the molecule is CCc1sc(NC(=O)OCC2c3ccccc3-c3ccccc32)nc1-c1ccccc1. The van der Waals surface area contributed by atoms with Crippen molar-refractivity contribution in [3.8, 4) is 22.4 Å². The van der Waals surface area contributed by atoms with Crippen molar-refractivity contribution < 1.29 is 9.53 Å². The first kappa shape index (κ1) is 19.5. The molecule has 0 fully saturated rings. The third-order valence-corrected chi connectivity index (χ3v) is 6.73. The van der Waals surface area contributed by atoms with Gasteiger partial charge in [0, 0.05) is 16.4 Å². The molecule has 1 amide bonds. The fourth-order valence-electron chi connectivity index (χ4n) is 4.19. The molecule has 3 aromatic carbocycles. The van der Waals surface area contributed by atoms with Crippen LogP contribution in [0.5, 0.6) is 0 Å². The number of ether oxygens (including phenoxy) is 1. The number of anilines is 1. The summed E-state index contributed by atoms with van der Waals surface area (Å²) in [5.41, 5.74) is 6.80. The van der Waals surface area contributed by atoms with Gasteiger partial charge in [0.1, 0.15) is 6.61 Å². The second-order valence-electron chi connectivity index (χ2n) is 7.46. The Hall–Kier alpha value is -3.44. The predicted molar refractivity (Wildman–Crippen MR) is 126 cm³/mol. The van der Waals surface area contributed by atoms with Crippen LogP contribution >= 0.6 is 11.3 Å². The maximum Gasteiger partial charge on any atom is 0.413 e. The predicted octanol–water partition coefficient (Wildman–Crippen LogP) is 6.73. The lowest BCUT2D eigenvalue weighted by atomic mass is 9.98. The number of benzene rings is 3. The average molecular weight is 427 g/mol. The van der Waals surface area contributed by atoms with Crippen molar-refractivity contribution in [3.05, 3.63) is 94.9 Å². The molecule has 0 atom stereocenters. The number of amides is 1. The highest BCUT2D eigenvalue weighted by Gasteiger charge is 2.29. The summed E-state index contributed by atoms with van der Waals surface area (Å²) in [7, 11) is 0. The number of carbonyl (C=O) groups is 1. The van der Waals surface area contributed by atoms with Crippen molar-refractivity contribution in [2.45, 2.75) is 19.3 Å². The van der Waals surface area contributed by atoms with Crippen LogP contribution in [0.15, 0.2) is 78.9 Å². The third-order valence-electron chi connectivity index (χ3n) is 5.62. The molecule has 154 valence electrons. The summed E-state index contributed by atoms with van der Waals surface area (Å²) in [5, 5.41) is 3.39. The van der Waals surface area contributed by atoms with E-state index in [0.29, 0.717) is 5.13 Å². The zero-order chi connectivity index (χ0) is 21.2. The van der Waals surface area contributed by atoms with Gasteiger partial charge < -0.3 is 4.74 Å². The van der Waals surface area contributed by atoms with Crippen LogP contribution in [0.4, 0.5) is 9.93 Å². The summed E-state index contributed by atoms with van der Waals surface area (Å²) < 4.78 is 5.65. The van der Waals surface area contributed by atoms with Crippen LogP contribution in [0, 0.1) is 0 Å². The minimum Gasteiger partial charge on any atom is -0.448 e. The van der Waals surface area contributed by atoms with Crippen molar-refractivity contribution in [2.75, 3.05) is 11.9 Å². The van der Waals surface area contributed by atoms with Crippen LogP contribution in [-0.4, -0.2) is 17.7 Å². The molecule has 1 aromatic heterocycles. The summed E-state index contributed by atoms with van der Waals surface area (Å²) in [6.45, 7) is 2.38. The van der Waals surface area contributed by atoms with Gasteiger partial charge in [0.05, 0.1) is 5.69 Å². The van der Waals surface area contributed by atoms with Crippen LogP contribution in [0.25, 0.3) is 22.4 Å². The number of fused-ring (bicyclic) bond motifs is 3. The van der Waals surface area contributed by atoms with E-state index in [-0.39, 0.29) is 12.5 Å². The van der Waals surface area contributed by atoms with E-state index in [1.807, 2.05) is 54.6 Å². The van der Waals surface area contributed by atoms with Gasteiger partial charge in [0.2, 0.25) is 0 Å². The van der Waals surface area contributed by atoms with Crippen LogP contribution in [-0.2, 0) is 11.2 Å². The normalized spacial score (nSPS) is 12.3. The molecular formula is C26H22N2O2S. The molecule has 0 spiro atoms. The van der Waals surface area contributed by atoms with E-state index in [0.717, 1.165) is 22.6 Å². The maximum absolute atomic E-state index is 12.6. The van der Waals surface area contributed by atoms with Crippen molar-refractivity contribution in [1.82, 2.24) is 4.98 Å². The number of carbonyl (C=O) groups excluding carboxylic acids is 1. The Kier molecular flexibility index (Phi) is 5.26. The topological polar surface area (TPSA) is 51.2 Å². The molecule has 1 aliphatic rings. The van der Waals surface area contributed by atoms with Crippen molar-refractivity contribution in [1.29, 1.82) is 0 Å². The second-order valence-corrected chi connectivity index (χ2v) is 8.54. The summed E-state index contributed by atoms with van der Waals surface area (Å²) in [4.78, 5) is 18.4. The molecule has 4 aromatic rings. The molecule has 31 heavy (non-hydrogen) atoms. The van der Waals surface area contributed by atoms with Gasteiger partial charge in [0.15, 0.2) is 5.13 Å². The molecule has 5 heteroatoms. The van der Waals surface area contributed by atoms with Crippen molar-refractivity contribution in [2.24, 2.45) is 0 Å². The molecule has 0 bridgehead atoms. The number of hydrogen-bond donors (Lipinski definition) is 1. The van der Waals surface area contributed by atoms with Gasteiger partial charge >= 0.3 is 6.09 Å². The monoisotopic (exact) mass is 426 g/mol. The molecule has 0 saturated carbocycles. The van der Waals surface area contributed by atoms with Gasteiger partial charge in [0.25, 0.3) is 0 Å². The Morgan fingerprint density at radius 1 is 0.935 bits per heavy atom. The Labute approximate surface area is 185 Å². The van der Waals surface area contributed by atoms with Crippen LogP contribution in [0.3, 0.4) is 0 Å². The molecule has 0 radical (unpaired) electrons. The van der Waals surface area contributed by atoms with Crippen LogP contribution in [0.2, 0.25) is 0 Å². The van der Waals surface area contributed by atoms with Gasteiger partial charge in [-0.15, -0.1) is 11.3 Å².